The van der Waals surface area contributed by atoms with Crippen LogP contribution in [-0.4, -0.2) is 35.7 Å². The lowest BCUT2D eigenvalue weighted by molar-refractivity contribution is -0.143. The molecule has 1 aromatic heterocycles. The van der Waals surface area contributed by atoms with E-state index in [1.54, 1.807) is 26.0 Å². The molecular weight excluding hydrogens is 322 g/mol. The SMILES string of the molecule is CC(=O)c1c(C)[nH]c(C(=O)COC(=O)CCOc2ccccc2)c1C. The average molecular weight is 343 g/mol. The minimum Gasteiger partial charge on any atom is -0.493 e. The molecule has 0 radical (unpaired) electrons. The first-order chi connectivity index (χ1) is 11.9. The Balaban J connectivity index is 1.82. The van der Waals surface area contributed by atoms with E-state index in [2.05, 4.69) is 4.98 Å². The van der Waals surface area contributed by atoms with Crippen LogP contribution in [0.2, 0.25) is 0 Å². The van der Waals surface area contributed by atoms with Gasteiger partial charge in [-0.05, 0) is 38.5 Å². The number of aryl methyl sites for hydroxylation is 1. The summed E-state index contributed by atoms with van der Waals surface area (Å²) >= 11 is 0. The molecule has 6 nitrogen and oxygen atoms in total. The molecule has 0 aliphatic heterocycles. The van der Waals surface area contributed by atoms with Crippen molar-refractivity contribution in [2.75, 3.05) is 13.2 Å². The first-order valence-electron chi connectivity index (χ1n) is 7.97. The monoisotopic (exact) mass is 343 g/mol. The fourth-order valence-corrected chi connectivity index (χ4v) is 2.62. The summed E-state index contributed by atoms with van der Waals surface area (Å²) in [6, 6.07) is 9.12. The fourth-order valence-electron chi connectivity index (χ4n) is 2.62. The number of carbonyl (C=O) groups excluding carboxylic acids is 3. The number of rotatable bonds is 8. The molecule has 0 spiro atoms. The van der Waals surface area contributed by atoms with Crippen molar-refractivity contribution in [3.63, 3.8) is 0 Å². The average Bonchev–Trinajstić information content (AvgIpc) is 2.88. The highest BCUT2D eigenvalue weighted by Crippen LogP contribution is 2.19. The third-order valence-corrected chi connectivity index (χ3v) is 3.75. The number of esters is 1. The standard InChI is InChI=1S/C19H21NO5/c1-12-18(14(3)21)13(2)20-19(12)16(22)11-25-17(23)9-10-24-15-7-5-4-6-8-15/h4-8,20H,9-11H2,1-3H3. The quantitative estimate of drug-likeness (QED) is 0.588. The van der Waals surface area contributed by atoms with Crippen LogP contribution in [0.25, 0.3) is 0 Å². The summed E-state index contributed by atoms with van der Waals surface area (Å²) in [7, 11) is 0. The molecule has 6 heteroatoms. The number of ketones is 2. The Morgan fingerprint density at radius 2 is 1.76 bits per heavy atom. The predicted octanol–water partition coefficient (Wildman–Crippen LogP) is 3.03. The lowest BCUT2D eigenvalue weighted by Crippen LogP contribution is -2.17. The molecule has 25 heavy (non-hydrogen) atoms. The van der Waals surface area contributed by atoms with Crippen molar-refractivity contribution in [2.24, 2.45) is 0 Å². The van der Waals surface area contributed by atoms with Gasteiger partial charge < -0.3 is 14.5 Å². The van der Waals surface area contributed by atoms with Crippen LogP contribution in [-0.2, 0) is 9.53 Å². The summed E-state index contributed by atoms with van der Waals surface area (Å²) in [4.78, 5) is 38.4. The van der Waals surface area contributed by atoms with E-state index in [1.807, 2.05) is 18.2 Å². The smallest absolute Gasteiger partial charge is 0.309 e. The lowest BCUT2D eigenvalue weighted by atomic mass is 10.1. The lowest BCUT2D eigenvalue weighted by Gasteiger charge is -2.06. The second kappa shape index (κ2) is 8.28. The first kappa shape index (κ1) is 18.4. The zero-order valence-electron chi connectivity index (χ0n) is 14.5. The number of nitrogens with one attached hydrogen (secondary N) is 1. The topological polar surface area (TPSA) is 85.5 Å². The van der Waals surface area contributed by atoms with Crippen molar-refractivity contribution < 1.29 is 23.9 Å². The summed E-state index contributed by atoms with van der Waals surface area (Å²) in [5.41, 5.74) is 2.02. The summed E-state index contributed by atoms with van der Waals surface area (Å²) in [5.74, 6) is -0.330. The van der Waals surface area contributed by atoms with E-state index in [-0.39, 0.29) is 31.2 Å². The second-order valence-electron chi connectivity index (χ2n) is 5.68. The third kappa shape index (κ3) is 4.79. The van der Waals surface area contributed by atoms with Gasteiger partial charge in [0.2, 0.25) is 5.78 Å². The Morgan fingerprint density at radius 3 is 2.36 bits per heavy atom. The van der Waals surface area contributed by atoms with E-state index >= 15 is 0 Å². The van der Waals surface area contributed by atoms with Crippen LogP contribution in [0.3, 0.4) is 0 Å². The van der Waals surface area contributed by atoms with E-state index in [0.29, 0.717) is 28.3 Å². The van der Waals surface area contributed by atoms with Crippen LogP contribution in [0.15, 0.2) is 30.3 Å². The normalized spacial score (nSPS) is 10.4. The summed E-state index contributed by atoms with van der Waals surface area (Å²) < 4.78 is 10.4. The Hall–Kier alpha value is -2.89. The molecule has 0 bridgehead atoms. The zero-order valence-corrected chi connectivity index (χ0v) is 14.5. The van der Waals surface area contributed by atoms with Crippen molar-refractivity contribution >= 4 is 17.5 Å². The van der Waals surface area contributed by atoms with Crippen molar-refractivity contribution in [1.29, 1.82) is 0 Å². The van der Waals surface area contributed by atoms with Crippen LogP contribution in [0, 0.1) is 13.8 Å². The molecule has 1 heterocycles. The van der Waals surface area contributed by atoms with Gasteiger partial charge in [-0.1, -0.05) is 18.2 Å². The molecule has 2 rings (SSSR count). The predicted molar refractivity (Wildman–Crippen MR) is 92.1 cm³/mol. The Morgan fingerprint density at radius 1 is 1.08 bits per heavy atom. The summed E-state index contributed by atoms with van der Waals surface area (Å²) in [6.07, 6.45) is 0.0452. The molecule has 0 aliphatic rings. The van der Waals surface area contributed by atoms with E-state index in [9.17, 15) is 14.4 Å². The van der Waals surface area contributed by atoms with Crippen LogP contribution >= 0.6 is 0 Å². The minimum atomic E-state index is -0.517. The number of benzene rings is 1. The highest BCUT2D eigenvalue weighted by Gasteiger charge is 2.20. The van der Waals surface area contributed by atoms with Gasteiger partial charge in [0.1, 0.15) is 5.75 Å². The number of carbonyl (C=O) groups is 3. The Kier molecular flexibility index (Phi) is 6.11. The Bertz CT molecular complexity index is 777. The molecule has 0 fully saturated rings. The molecule has 1 N–H and O–H groups in total. The molecule has 0 saturated heterocycles. The molecule has 0 atom stereocenters. The maximum Gasteiger partial charge on any atom is 0.309 e. The molecule has 0 saturated carbocycles. The van der Waals surface area contributed by atoms with Crippen LogP contribution in [0.4, 0.5) is 0 Å². The maximum atomic E-state index is 12.2. The van der Waals surface area contributed by atoms with Gasteiger partial charge in [-0.15, -0.1) is 0 Å². The summed E-state index contributed by atoms with van der Waals surface area (Å²) in [6.45, 7) is 4.68. The van der Waals surface area contributed by atoms with Gasteiger partial charge in [0.05, 0.1) is 18.7 Å². The number of ether oxygens (including phenoxy) is 2. The van der Waals surface area contributed by atoms with Gasteiger partial charge in [0.25, 0.3) is 0 Å². The van der Waals surface area contributed by atoms with E-state index in [1.165, 1.54) is 6.92 Å². The maximum absolute atomic E-state index is 12.2. The molecule has 0 aliphatic carbocycles. The summed E-state index contributed by atoms with van der Waals surface area (Å²) in [5, 5.41) is 0. The van der Waals surface area contributed by atoms with Gasteiger partial charge in [-0.2, -0.15) is 0 Å². The van der Waals surface area contributed by atoms with Gasteiger partial charge in [-0.25, -0.2) is 0 Å². The van der Waals surface area contributed by atoms with E-state index in [4.69, 9.17) is 9.47 Å². The molecule has 1 aromatic carbocycles. The van der Waals surface area contributed by atoms with Gasteiger partial charge in [0.15, 0.2) is 12.4 Å². The number of para-hydroxylation sites is 1. The molecule has 2 aromatic rings. The largest absolute Gasteiger partial charge is 0.493 e. The molecule has 0 unspecified atom stereocenters. The van der Waals surface area contributed by atoms with Crippen LogP contribution in [0.1, 0.15) is 45.4 Å². The molecular formula is C19H21NO5. The molecule has 132 valence electrons. The van der Waals surface area contributed by atoms with Crippen molar-refractivity contribution in [3.05, 3.63) is 52.8 Å². The van der Waals surface area contributed by atoms with Crippen molar-refractivity contribution in [1.82, 2.24) is 4.98 Å². The Labute approximate surface area is 146 Å². The third-order valence-electron chi connectivity index (χ3n) is 3.75. The number of H-pyrrole nitrogens is 1. The number of hydrogen-bond acceptors (Lipinski definition) is 5. The van der Waals surface area contributed by atoms with Crippen LogP contribution < -0.4 is 4.74 Å². The zero-order chi connectivity index (χ0) is 18.4. The molecule has 0 amide bonds. The number of Topliss-reactive ketones (excluding diaryl/α,β-unsaturated/α-hetero) is 2. The first-order valence-corrected chi connectivity index (χ1v) is 7.97. The number of aromatic nitrogens is 1. The van der Waals surface area contributed by atoms with Crippen molar-refractivity contribution in [2.45, 2.75) is 27.2 Å². The van der Waals surface area contributed by atoms with E-state index in [0.717, 1.165) is 0 Å². The van der Waals surface area contributed by atoms with Gasteiger partial charge in [-0.3, -0.25) is 14.4 Å². The fraction of sp³-hybridized carbons (Fsp3) is 0.316. The second-order valence-corrected chi connectivity index (χ2v) is 5.68. The highest BCUT2D eigenvalue weighted by atomic mass is 16.5. The van der Waals surface area contributed by atoms with Crippen molar-refractivity contribution in [3.8, 4) is 5.75 Å². The minimum absolute atomic E-state index is 0.0452. The highest BCUT2D eigenvalue weighted by molar-refractivity contribution is 6.04. The van der Waals surface area contributed by atoms with Crippen LogP contribution in [0.5, 0.6) is 5.75 Å². The number of hydrogen-bond donors (Lipinski definition) is 1. The van der Waals surface area contributed by atoms with E-state index < -0.39 is 5.97 Å². The van der Waals surface area contributed by atoms with Gasteiger partial charge >= 0.3 is 5.97 Å². The van der Waals surface area contributed by atoms with Gasteiger partial charge in [0, 0.05) is 11.3 Å². The number of aromatic amines is 1.